The fourth-order valence-corrected chi connectivity index (χ4v) is 5.33. The summed E-state index contributed by atoms with van der Waals surface area (Å²) in [6.07, 6.45) is -5.99. The Morgan fingerprint density at radius 2 is 0.857 bits per heavy atom. The van der Waals surface area contributed by atoms with Gasteiger partial charge < -0.3 is 4.74 Å². The van der Waals surface area contributed by atoms with Gasteiger partial charge in [0, 0.05) is 17.7 Å². The van der Waals surface area contributed by atoms with E-state index in [-0.39, 0.29) is 11.5 Å². The Hall–Kier alpha value is -5.50. The Balaban J connectivity index is 2.01. The lowest BCUT2D eigenvalue weighted by molar-refractivity contribution is -0.384. The van der Waals surface area contributed by atoms with Crippen molar-refractivity contribution in [3.63, 3.8) is 0 Å². The summed E-state index contributed by atoms with van der Waals surface area (Å²) in [5.74, 6) is -49.3. The smallest absolute Gasteiger partial charge is 0.269 e. The summed E-state index contributed by atoms with van der Waals surface area (Å²) in [5.41, 5.74) is -9.23. The molecule has 0 radical (unpaired) electrons. The summed E-state index contributed by atoms with van der Waals surface area (Å²) < 4.78 is 229. The molecule has 256 valence electrons. The second-order valence-corrected chi connectivity index (χ2v) is 10.0. The van der Waals surface area contributed by atoms with Gasteiger partial charge in [-0.05, 0) is 12.1 Å². The molecular weight excluding hydrogens is 708 g/mol. The number of rotatable bonds is 6. The Morgan fingerprint density at radius 1 is 0.551 bits per heavy atom. The van der Waals surface area contributed by atoms with E-state index in [1.165, 1.54) is 0 Å². The molecule has 0 spiro atoms. The molecule has 5 rings (SSSR count). The largest absolute Gasteiger partial charge is 0.445 e. The molecule has 0 aliphatic carbocycles. The van der Waals surface area contributed by atoms with Crippen LogP contribution in [-0.2, 0) is 4.74 Å². The summed E-state index contributed by atoms with van der Waals surface area (Å²) >= 11 is 0. The highest BCUT2D eigenvalue weighted by atomic mass is 19.2. The van der Waals surface area contributed by atoms with Crippen molar-refractivity contribution in [2.45, 2.75) is 0 Å². The maximum absolute atomic E-state index is 15.6. The minimum absolute atomic E-state index is 0.226. The second kappa shape index (κ2) is 12.2. The van der Waals surface area contributed by atoms with Gasteiger partial charge in [-0.2, -0.15) is 5.98 Å². The molecule has 0 unspecified atom stereocenters. The number of hydrogen-bond donors (Lipinski definition) is 0. The van der Waals surface area contributed by atoms with Gasteiger partial charge in [0.05, 0.1) is 17.2 Å². The second-order valence-electron chi connectivity index (χ2n) is 10.0. The molecule has 49 heavy (non-hydrogen) atoms. The van der Waals surface area contributed by atoms with E-state index in [1.54, 1.807) is 0 Å². The van der Waals surface area contributed by atoms with Crippen LogP contribution in [0, 0.1) is 97.4 Å². The van der Waals surface area contributed by atoms with Gasteiger partial charge in [0.15, 0.2) is 52.4 Å². The maximum Gasteiger partial charge on any atom is 0.269 e. The predicted octanol–water partition coefficient (Wildman–Crippen LogP) is 6.05. The number of halogens is 15. The van der Waals surface area contributed by atoms with E-state index in [9.17, 15) is 49.6 Å². The highest BCUT2D eigenvalue weighted by Crippen LogP contribution is 2.30. The molecule has 0 N–H and O–H groups in total. The van der Waals surface area contributed by atoms with Crippen molar-refractivity contribution in [2.24, 2.45) is 4.99 Å². The van der Waals surface area contributed by atoms with Crippen molar-refractivity contribution in [1.29, 1.82) is 0 Å². The van der Waals surface area contributed by atoms with E-state index >= 15 is 26.3 Å². The van der Waals surface area contributed by atoms with Crippen molar-refractivity contribution in [2.75, 3.05) is 6.54 Å². The first-order valence-corrected chi connectivity index (χ1v) is 12.8. The molecule has 4 aromatic carbocycles. The minimum Gasteiger partial charge on any atom is -0.445 e. The summed E-state index contributed by atoms with van der Waals surface area (Å²) in [6, 6.07) is 3.60. The van der Waals surface area contributed by atoms with Crippen molar-refractivity contribution in [1.82, 2.24) is 0 Å². The van der Waals surface area contributed by atoms with Crippen molar-refractivity contribution < 1.29 is 75.5 Å². The third-order valence-corrected chi connectivity index (χ3v) is 7.46. The first-order valence-electron chi connectivity index (χ1n) is 12.8. The van der Waals surface area contributed by atoms with Gasteiger partial charge in [-0.25, -0.2) is 70.8 Å². The van der Waals surface area contributed by atoms with Crippen LogP contribution in [0.15, 0.2) is 41.0 Å². The Labute approximate surface area is 260 Å². The predicted molar refractivity (Wildman–Crippen MR) is 137 cm³/mol. The van der Waals surface area contributed by atoms with E-state index < -0.39 is 139 Å². The molecule has 0 bridgehead atoms. The number of benzene rings is 4. The molecule has 0 aromatic heterocycles. The van der Waals surface area contributed by atoms with Crippen LogP contribution < -0.4 is 16.4 Å². The lowest BCUT2D eigenvalue weighted by Crippen LogP contribution is -2.72. The van der Waals surface area contributed by atoms with Crippen LogP contribution >= 0.6 is 0 Å². The zero-order valence-corrected chi connectivity index (χ0v) is 23.0. The topological polar surface area (TPSA) is 64.7 Å². The van der Waals surface area contributed by atoms with Gasteiger partial charge in [0.1, 0.15) is 41.0 Å². The van der Waals surface area contributed by atoms with Gasteiger partial charge in [0.25, 0.3) is 5.69 Å². The Kier molecular flexibility index (Phi) is 8.66. The zero-order valence-electron chi connectivity index (χ0n) is 23.0. The van der Waals surface area contributed by atoms with Gasteiger partial charge >= 0.3 is 0 Å². The number of nitro groups is 1. The van der Waals surface area contributed by atoms with E-state index in [2.05, 4.69) is 4.99 Å². The molecule has 1 heterocycles. The summed E-state index contributed by atoms with van der Waals surface area (Å²) in [5, 5.41) is 10.9. The molecule has 21 heteroatoms. The summed E-state index contributed by atoms with van der Waals surface area (Å²) in [4.78, 5) is 13.8. The molecule has 0 saturated heterocycles. The van der Waals surface area contributed by atoms with Gasteiger partial charge in [-0.15, -0.1) is 16.4 Å². The van der Waals surface area contributed by atoms with Gasteiger partial charge in [-0.3, -0.25) is 10.1 Å². The molecule has 0 atom stereocenters. The number of nitrogens with zero attached hydrogens (tertiary/aromatic N) is 2. The SMILES string of the molecule is O=[N+]([O-])c1ccc(C2=NC/C(=C\[B-](c3c(F)c(F)c(F)c(F)c3F)(c3c(F)c(F)c(F)c(F)c3F)c3c(F)c(F)c(F)c(F)c3F)O2)cc1. The average Bonchev–Trinajstić information content (AvgIpc) is 3.54. The van der Waals surface area contributed by atoms with E-state index in [4.69, 9.17) is 4.74 Å². The molecule has 0 fully saturated rings. The summed E-state index contributed by atoms with van der Waals surface area (Å²) in [6.45, 7) is -1.13. The maximum atomic E-state index is 15.6. The number of ether oxygens (including phenoxy) is 1. The quantitative estimate of drug-likeness (QED) is 0.0611. The lowest BCUT2D eigenvalue weighted by atomic mass is 9.15. The standard InChI is InChI=1S/C28H7BF15N2O3/c30-13-10(14(31)20(37)25(42)19(13)36)29(11-15(32)21(38)26(43)22(39)16(11)33,12-17(34)23(40)27(44)24(41)18(12)35)5-9-6-45-28(49-9)7-1-3-8(4-2-7)46(47)48/h1-5H,6H2/q-1/b9-5+. The first kappa shape index (κ1) is 34.8. The van der Waals surface area contributed by atoms with Crippen LogP contribution in [0.4, 0.5) is 71.5 Å². The Morgan fingerprint density at radius 3 is 1.16 bits per heavy atom. The fraction of sp³-hybridized carbons (Fsp3) is 0.0357. The number of hydrogen-bond acceptors (Lipinski definition) is 4. The highest BCUT2D eigenvalue weighted by Gasteiger charge is 2.47. The van der Waals surface area contributed by atoms with Crippen LogP contribution in [-0.4, -0.2) is 23.5 Å². The van der Waals surface area contributed by atoms with Crippen LogP contribution in [0.25, 0.3) is 0 Å². The van der Waals surface area contributed by atoms with Crippen LogP contribution in [0.3, 0.4) is 0 Å². The number of aliphatic imine (C=N–C) groups is 1. The normalized spacial score (nSPS) is 14.0. The van der Waals surface area contributed by atoms with E-state index in [0.717, 1.165) is 24.3 Å². The molecular formula is C28H7BF15N2O3-. The summed E-state index contributed by atoms with van der Waals surface area (Å²) in [7, 11) is 0. The molecule has 4 aromatic rings. The number of non-ortho nitro benzene ring substituents is 1. The average molecular weight is 715 g/mol. The van der Waals surface area contributed by atoms with Gasteiger partial charge in [0.2, 0.25) is 5.90 Å². The number of nitro benzene ring substituents is 1. The molecule has 1 aliphatic rings. The molecule has 0 saturated carbocycles. The highest BCUT2D eigenvalue weighted by molar-refractivity contribution is 7.15. The molecule has 0 amide bonds. The van der Waals surface area contributed by atoms with E-state index in [1.807, 2.05) is 0 Å². The molecule has 1 aliphatic heterocycles. The van der Waals surface area contributed by atoms with Crippen molar-refractivity contribution in [3.05, 3.63) is 139 Å². The lowest BCUT2D eigenvalue weighted by Gasteiger charge is -2.41. The van der Waals surface area contributed by atoms with Crippen molar-refractivity contribution in [3.8, 4) is 0 Å². The third kappa shape index (κ3) is 5.14. The van der Waals surface area contributed by atoms with Crippen LogP contribution in [0.2, 0.25) is 0 Å². The van der Waals surface area contributed by atoms with Crippen LogP contribution in [0.5, 0.6) is 0 Å². The Bertz CT molecular complexity index is 1920. The zero-order chi connectivity index (χ0) is 36.4. The van der Waals surface area contributed by atoms with Crippen LogP contribution in [0.1, 0.15) is 5.56 Å². The van der Waals surface area contributed by atoms with Crippen molar-refractivity contribution >= 4 is 34.1 Å². The van der Waals surface area contributed by atoms with E-state index in [0.29, 0.717) is 0 Å². The fourth-order valence-electron chi connectivity index (χ4n) is 5.33. The third-order valence-electron chi connectivity index (χ3n) is 7.46. The molecule has 5 nitrogen and oxygen atoms in total. The monoisotopic (exact) mass is 715 g/mol. The minimum atomic E-state index is -5.99. The first-order chi connectivity index (χ1) is 22.9. The van der Waals surface area contributed by atoms with Gasteiger partial charge in [-0.1, -0.05) is 0 Å².